The molecule has 2 nitrogen and oxygen atoms in total. The van der Waals surface area contributed by atoms with Crippen molar-refractivity contribution in [2.24, 2.45) is 50.7 Å². The van der Waals surface area contributed by atoms with E-state index in [1.165, 1.54) is 70.6 Å². The van der Waals surface area contributed by atoms with Crippen LogP contribution < -0.4 is 0 Å². The number of fused-ring (bicyclic) bond motifs is 7. The van der Waals surface area contributed by atoms with E-state index in [2.05, 4.69) is 74.5 Å². The molecular weight excluding hydrogens is 512 g/mol. The van der Waals surface area contributed by atoms with Gasteiger partial charge in [-0.3, -0.25) is 4.79 Å². The highest BCUT2D eigenvalue weighted by molar-refractivity contribution is 5.69. The summed E-state index contributed by atoms with van der Waals surface area (Å²) in [6, 6.07) is 0. The second-order valence-corrected chi connectivity index (χ2v) is 17.6. The van der Waals surface area contributed by atoms with Crippen LogP contribution >= 0.6 is 0 Å². The SMILES string of the molecule is CCCCCCCCCC(=O)O[C@H]1CC[C@]2(C)C3=CC=C4[C@@H]5[C@@H](C)[C@H](C)CC[C@]5(C)CC[C@@]4(C)[C@]3(C)CC[C@H]2C1(C)C. The van der Waals surface area contributed by atoms with Gasteiger partial charge in [-0.2, -0.15) is 0 Å². The van der Waals surface area contributed by atoms with E-state index in [1.54, 1.807) is 11.1 Å². The number of unbranched alkanes of at least 4 members (excludes halogenated alkanes) is 6. The molecule has 4 saturated carbocycles. The maximum atomic E-state index is 13.0. The largest absolute Gasteiger partial charge is 0.462 e. The van der Waals surface area contributed by atoms with E-state index in [0.29, 0.717) is 17.8 Å². The molecule has 0 aromatic heterocycles. The van der Waals surface area contributed by atoms with Gasteiger partial charge in [-0.25, -0.2) is 0 Å². The quantitative estimate of drug-likeness (QED) is 0.201. The number of carbonyl (C=O) groups is 1. The molecule has 5 rings (SSSR count). The lowest BCUT2D eigenvalue weighted by Crippen LogP contribution is -2.61. The molecule has 5 aliphatic carbocycles. The number of hydrogen-bond acceptors (Lipinski definition) is 2. The van der Waals surface area contributed by atoms with Crippen LogP contribution in [0.2, 0.25) is 0 Å². The molecule has 0 radical (unpaired) electrons. The highest BCUT2D eigenvalue weighted by Crippen LogP contribution is 2.74. The Balaban J connectivity index is 1.33. The minimum Gasteiger partial charge on any atom is -0.462 e. The van der Waals surface area contributed by atoms with Gasteiger partial charge >= 0.3 is 5.97 Å². The van der Waals surface area contributed by atoms with E-state index in [0.717, 1.165) is 43.4 Å². The predicted octanol–water partition coefficient (Wildman–Crippen LogP) is 11.6. The zero-order valence-electron chi connectivity index (χ0n) is 29.2. The molecule has 42 heavy (non-hydrogen) atoms. The Morgan fingerprint density at radius 1 is 0.786 bits per heavy atom. The summed E-state index contributed by atoms with van der Waals surface area (Å²) >= 11 is 0. The Hall–Kier alpha value is -1.05. The van der Waals surface area contributed by atoms with E-state index in [9.17, 15) is 4.79 Å². The summed E-state index contributed by atoms with van der Waals surface area (Å²) in [6.07, 6.45) is 24.8. The van der Waals surface area contributed by atoms with Crippen molar-refractivity contribution in [1.82, 2.24) is 0 Å². The van der Waals surface area contributed by atoms with Crippen LogP contribution in [0.4, 0.5) is 0 Å². The Morgan fingerprint density at radius 3 is 2.19 bits per heavy atom. The molecule has 9 atom stereocenters. The minimum atomic E-state index is -0.00562. The molecule has 0 N–H and O–H groups in total. The average molecular weight is 579 g/mol. The van der Waals surface area contributed by atoms with Gasteiger partial charge in [0.2, 0.25) is 0 Å². The smallest absolute Gasteiger partial charge is 0.306 e. The van der Waals surface area contributed by atoms with Crippen LogP contribution in [0.5, 0.6) is 0 Å². The molecule has 238 valence electrons. The maximum absolute atomic E-state index is 13.0. The lowest BCUT2D eigenvalue weighted by molar-refractivity contribution is -0.174. The van der Waals surface area contributed by atoms with Gasteiger partial charge in [-0.15, -0.1) is 0 Å². The third kappa shape index (κ3) is 5.09. The number of hydrogen-bond donors (Lipinski definition) is 0. The van der Waals surface area contributed by atoms with Crippen LogP contribution in [-0.2, 0) is 9.53 Å². The molecule has 5 aliphatic rings. The van der Waals surface area contributed by atoms with E-state index >= 15 is 0 Å². The summed E-state index contributed by atoms with van der Waals surface area (Å²) in [5.41, 5.74) is 4.66. The molecule has 0 saturated heterocycles. The number of allylic oxidation sites excluding steroid dienone is 4. The van der Waals surface area contributed by atoms with Gasteiger partial charge in [-0.1, -0.05) is 124 Å². The number of esters is 1. The zero-order chi connectivity index (χ0) is 30.6. The van der Waals surface area contributed by atoms with Gasteiger partial charge in [0.1, 0.15) is 6.10 Å². The van der Waals surface area contributed by atoms with E-state index < -0.39 is 0 Å². The van der Waals surface area contributed by atoms with Gasteiger partial charge in [0, 0.05) is 11.8 Å². The van der Waals surface area contributed by atoms with Gasteiger partial charge in [-0.05, 0) is 103 Å². The van der Waals surface area contributed by atoms with Crippen LogP contribution in [0.3, 0.4) is 0 Å². The highest BCUT2D eigenvalue weighted by atomic mass is 16.5. The molecule has 0 aromatic rings. The third-order valence-electron chi connectivity index (χ3n) is 15.0. The Labute approximate surface area is 260 Å². The Morgan fingerprint density at radius 2 is 1.48 bits per heavy atom. The van der Waals surface area contributed by atoms with Crippen LogP contribution in [0.1, 0.15) is 165 Å². The lowest BCUT2D eigenvalue weighted by Gasteiger charge is -2.69. The Kier molecular flexibility index (Phi) is 9.02. The van der Waals surface area contributed by atoms with Crippen LogP contribution in [0.25, 0.3) is 0 Å². The zero-order valence-corrected chi connectivity index (χ0v) is 29.2. The first-order valence-corrected chi connectivity index (χ1v) is 18.4. The second-order valence-electron chi connectivity index (χ2n) is 17.6. The first-order chi connectivity index (χ1) is 19.7. The van der Waals surface area contributed by atoms with Crippen molar-refractivity contribution in [2.45, 2.75) is 171 Å². The van der Waals surface area contributed by atoms with E-state index in [-0.39, 0.29) is 33.7 Å². The molecule has 0 unspecified atom stereocenters. The molecular formula is C40H66O2. The third-order valence-corrected chi connectivity index (χ3v) is 15.0. The summed E-state index contributed by atoms with van der Waals surface area (Å²) < 4.78 is 6.33. The summed E-state index contributed by atoms with van der Waals surface area (Å²) in [6.45, 7) is 22.7. The van der Waals surface area contributed by atoms with Crippen molar-refractivity contribution in [3.05, 3.63) is 23.3 Å². The summed E-state index contributed by atoms with van der Waals surface area (Å²) in [7, 11) is 0. The van der Waals surface area contributed by atoms with Crippen molar-refractivity contribution >= 4 is 5.97 Å². The molecule has 0 heterocycles. The van der Waals surface area contributed by atoms with Crippen molar-refractivity contribution in [3.63, 3.8) is 0 Å². The molecule has 0 aliphatic heterocycles. The molecule has 2 heteroatoms. The van der Waals surface area contributed by atoms with Crippen molar-refractivity contribution in [1.29, 1.82) is 0 Å². The summed E-state index contributed by atoms with van der Waals surface area (Å²) in [5.74, 6) is 2.91. The lowest BCUT2D eigenvalue weighted by atomic mass is 9.36. The monoisotopic (exact) mass is 579 g/mol. The summed E-state index contributed by atoms with van der Waals surface area (Å²) in [5, 5.41) is 0. The first-order valence-electron chi connectivity index (χ1n) is 18.4. The second kappa shape index (κ2) is 11.7. The predicted molar refractivity (Wildman–Crippen MR) is 177 cm³/mol. The standard InChI is InChI=1S/C40H66O2/c1-10-11-12-13-14-15-16-17-34(41)42-33-22-24-38(7)31(36(33,4)5)21-25-40(9)32(38)19-18-30-35-29(3)28(2)20-23-37(35,6)26-27-39(30,40)8/h18-19,28-29,31,33,35H,10-17,20-27H2,1-9H3/t28-,29+,31+,33+,35+,37-,38+,39-,40-/m1/s1. The van der Waals surface area contributed by atoms with Crippen molar-refractivity contribution in [3.8, 4) is 0 Å². The van der Waals surface area contributed by atoms with E-state index in [1.807, 2.05) is 0 Å². The van der Waals surface area contributed by atoms with E-state index in [4.69, 9.17) is 4.74 Å². The highest BCUT2D eigenvalue weighted by Gasteiger charge is 2.66. The number of ether oxygens (including phenoxy) is 1. The first kappa shape index (κ1) is 32.3. The molecule has 0 amide bonds. The normalized spacial score (nSPS) is 44.1. The van der Waals surface area contributed by atoms with Gasteiger partial charge in [0.05, 0.1) is 0 Å². The fourth-order valence-corrected chi connectivity index (χ4v) is 11.8. The van der Waals surface area contributed by atoms with Crippen molar-refractivity contribution < 1.29 is 9.53 Å². The van der Waals surface area contributed by atoms with Gasteiger partial charge < -0.3 is 4.74 Å². The maximum Gasteiger partial charge on any atom is 0.306 e. The van der Waals surface area contributed by atoms with Crippen LogP contribution in [0, 0.1) is 50.7 Å². The Bertz CT molecular complexity index is 1070. The molecule has 0 bridgehead atoms. The number of carbonyl (C=O) groups excluding carboxylic acids is 1. The summed E-state index contributed by atoms with van der Waals surface area (Å²) in [4.78, 5) is 13.0. The van der Waals surface area contributed by atoms with Gasteiger partial charge in [0.25, 0.3) is 0 Å². The molecule has 0 aromatic carbocycles. The van der Waals surface area contributed by atoms with Gasteiger partial charge in [0.15, 0.2) is 0 Å². The fraction of sp³-hybridized carbons (Fsp3) is 0.875. The molecule has 0 spiro atoms. The fourth-order valence-electron chi connectivity index (χ4n) is 11.8. The van der Waals surface area contributed by atoms with Crippen LogP contribution in [0.15, 0.2) is 23.3 Å². The average Bonchev–Trinajstić information content (AvgIpc) is 2.93. The number of rotatable bonds is 9. The van der Waals surface area contributed by atoms with Crippen LogP contribution in [-0.4, -0.2) is 12.1 Å². The molecule has 4 fully saturated rings. The van der Waals surface area contributed by atoms with Crippen molar-refractivity contribution in [2.75, 3.05) is 0 Å². The topological polar surface area (TPSA) is 26.3 Å². The minimum absolute atomic E-state index is 0.00562.